The Labute approximate surface area is 158 Å². The van der Waals surface area contributed by atoms with Crippen molar-refractivity contribution in [2.24, 2.45) is 0 Å². The minimum absolute atomic E-state index is 0.460. The number of methoxy groups -OCH3 is 3. The van der Waals surface area contributed by atoms with Gasteiger partial charge in [0.05, 0.1) is 37.9 Å². The van der Waals surface area contributed by atoms with Crippen LogP contribution in [0.4, 0.5) is 0 Å². The fraction of sp³-hybridized carbons (Fsp3) is 0.238. The van der Waals surface area contributed by atoms with Gasteiger partial charge in [-0.15, -0.1) is 0 Å². The van der Waals surface area contributed by atoms with Crippen LogP contribution in [-0.2, 0) is 6.54 Å². The molecule has 0 amide bonds. The van der Waals surface area contributed by atoms with Crippen LogP contribution in [0.15, 0.2) is 36.4 Å². The molecule has 3 aromatic rings. The Bertz CT molecular complexity index is 1020. The predicted octanol–water partition coefficient (Wildman–Crippen LogP) is 4.15. The number of para-hydroxylation sites is 2. The number of rotatable bonds is 6. The number of imidazole rings is 1. The highest BCUT2D eigenvalue weighted by atomic mass is 16.5. The number of hydrogen-bond acceptors (Lipinski definition) is 5. The molecule has 0 aliphatic heterocycles. The van der Waals surface area contributed by atoms with Crippen LogP contribution in [0.5, 0.6) is 17.2 Å². The van der Waals surface area contributed by atoms with Crippen molar-refractivity contribution in [3.63, 3.8) is 0 Å². The third-order valence-electron chi connectivity index (χ3n) is 4.33. The highest BCUT2D eigenvalue weighted by Gasteiger charge is 2.16. The van der Waals surface area contributed by atoms with E-state index in [1.54, 1.807) is 39.5 Å². The summed E-state index contributed by atoms with van der Waals surface area (Å²) in [7, 11) is 4.68. The number of fused-ring (bicyclic) bond motifs is 1. The molecule has 0 aliphatic carbocycles. The molecule has 2 aromatic carbocycles. The lowest BCUT2D eigenvalue weighted by atomic mass is 10.1. The van der Waals surface area contributed by atoms with E-state index >= 15 is 0 Å². The fourth-order valence-corrected chi connectivity index (χ4v) is 3.10. The van der Waals surface area contributed by atoms with E-state index in [0.717, 1.165) is 16.6 Å². The molecule has 0 saturated carbocycles. The summed E-state index contributed by atoms with van der Waals surface area (Å²) in [4.78, 5) is 4.65. The Kier molecular flexibility index (Phi) is 5.32. The molecule has 0 unspecified atom stereocenters. The molecule has 1 aromatic heterocycles. The second-order valence-electron chi connectivity index (χ2n) is 5.80. The molecule has 1 heterocycles. The first-order chi connectivity index (χ1) is 13.2. The average molecular weight is 363 g/mol. The number of hydrogen-bond donors (Lipinski definition) is 0. The third-order valence-corrected chi connectivity index (χ3v) is 4.33. The first-order valence-corrected chi connectivity index (χ1v) is 8.54. The summed E-state index contributed by atoms with van der Waals surface area (Å²) in [6.45, 7) is 2.75. The van der Waals surface area contributed by atoms with Crippen LogP contribution in [-0.4, -0.2) is 30.9 Å². The summed E-state index contributed by atoms with van der Waals surface area (Å²) in [5.41, 5.74) is 3.08. The van der Waals surface area contributed by atoms with E-state index in [1.807, 2.05) is 35.8 Å². The van der Waals surface area contributed by atoms with Crippen LogP contribution < -0.4 is 14.2 Å². The van der Waals surface area contributed by atoms with Gasteiger partial charge < -0.3 is 18.8 Å². The van der Waals surface area contributed by atoms with E-state index in [1.165, 1.54) is 0 Å². The third kappa shape index (κ3) is 3.32. The summed E-state index contributed by atoms with van der Waals surface area (Å²) >= 11 is 0. The molecule has 0 bridgehead atoms. The minimum Gasteiger partial charge on any atom is -0.493 e. The van der Waals surface area contributed by atoms with Crippen molar-refractivity contribution in [2.75, 3.05) is 21.3 Å². The van der Waals surface area contributed by atoms with E-state index in [2.05, 4.69) is 11.1 Å². The number of allylic oxidation sites excluding steroid dienone is 1. The van der Waals surface area contributed by atoms with Crippen LogP contribution in [0.1, 0.15) is 18.3 Å². The Morgan fingerprint density at radius 2 is 1.78 bits per heavy atom. The zero-order chi connectivity index (χ0) is 19.4. The van der Waals surface area contributed by atoms with Gasteiger partial charge in [0.1, 0.15) is 6.07 Å². The maximum Gasteiger partial charge on any atom is 0.203 e. The van der Waals surface area contributed by atoms with Crippen molar-refractivity contribution in [2.45, 2.75) is 13.5 Å². The van der Waals surface area contributed by atoms with Gasteiger partial charge in [-0.2, -0.15) is 5.26 Å². The zero-order valence-corrected chi connectivity index (χ0v) is 15.8. The molecule has 0 N–H and O–H groups in total. The number of ether oxygens (including phenoxy) is 3. The largest absolute Gasteiger partial charge is 0.493 e. The maximum atomic E-state index is 9.78. The average Bonchev–Trinajstić information content (AvgIpc) is 3.09. The van der Waals surface area contributed by atoms with Crippen LogP contribution in [0.3, 0.4) is 0 Å². The Morgan fingerprint density at radius 3 is 2.33 bits per heavy atom. The molecule has 0 saturated heterocycles. The molecule has 138 valence electrons. The quantitative estimate of drug-likeness (QED) is 0.616. The number of benzene rings is 2. The molecule has 0 aliphatic rings. The van der Waals surface area contributed by atoms with Crippen molar-refractivity contribution >= 4 is 22.7 Å². The lowest BCUT2D eigenvalue weighted by Crippen LogP contribution is -2.00. The first kappa shape index (κ1) is 18.3. The van der Waals surface area contributed by atoms with Crippen LogP contribution in [0.2, 0.25) is 0 Å². The number of nitriles is 1. The Balaban J connectivity index is 2.17. The van der Waals surface area contributed by atoms with Gasteiger partial charge in [-0.1, -0.05) is 12.1 Å². The second-order valence-corrected chi connectivity index (χ2v) is 5.80. The SMILES string of the molecule is CCn1c(/C(C#N)=C\c2cc(OC)c(OC)c(OC)c2)nc2ccccc21. The normalized spacial score (nSPS) is 11.3. The van der Waals surface area contributed by atoms with Gasteiger partial charge in [-0.05, 0) is 42.8 Å². The van der Waals surface area contributed by atoms with E-state index in [9.17, 15) is 5.26 Å². The predicted molar refractivity (Wildman–Crippen MR) is 105 cm³/mol. The molecule has 0 atom stereocenters. The summed E-state index contributed by atoms with van der Waals surface area (Å²) < 4.78 is 18.2. The fourth-order valence-electron chi connectivity index (χ4n) is 3.10. The van der Waals surface area contributed by atoms with E-state index in [0.29, 0.717) is 35.2 Å². The maximum absolute atomic E-state index is 9.78. The Hall–Kier alpha value is -3.46. The summed E-state index contributed by atoms with van der Waals surface area (Å²) in [5.74, 6) is 2.21. The molecule has 3 rings (SSSR count). The number of nitrogens with zero attached hydrogens (tertiary/aromatic N) is 3. The van der Waals surface area contributed by atoms with Crippen molar-refractivity contribution in [1.29, 1.82) is 5.26 Å². The van der Waals surface area contributed by atoms with Gasteiger partial charge >= 0.3 is 0 Å². The monoisotopic (exact) mass is 363 g/mol. The molecular formula is C21H21N3O3. The zero-order valence-electron chi connectivity index (χ0n) is 15.8. The number of aromatic nitrogens is 2. The smallest absolute Gasteiger partial charge is 0.203 e. The first-order valence-electron chi connectivity index (χ1n) is 8.54. The van der Waals surface area contributed by atoms with Gasteiger partial charge in [0, 0.05) is 6.54 Å². The molecule has 27 heavy (non-hydrogen) atoms. The molecular weight excluding hydrogens is 342 g/mol. The lowest BCUT2D eigenvalue weighted by Gasteiger charge is -2.13. The standard InChI is InChI=1S/C21H21N3O3/c1-5-24-17-9-7-6-8-16(17)23-21(24)15(13-22)10-14-11-18(25-2)20(27-4)19(12-14)26-3/h6-12H,5H2,1-4H3/b15-10-. The van der Waals surface area contributed by atoms with Crippen molar-refractivity contribution < 1.29 is 14.2 Å². The van der Waals surface area contributed by atoms with Crippen LogP contribution in [0, 0.1) is 11.3 Å². The molecule has 6 heteroatoms. The van der Waals surface area contributed by atoms with Crippen molar-refractivity contribution in [3.05, 3.63) is 47.8 Å². The highest BCUT2D eigenvalue weighted by molar-refractivity contribution is 5.91. The minimum atomic E-state index is 0.460. The van der Waals surface area contributed by atoms with Crippen LogP contribution >= 0.6 is 0 Å². The number of aryl methyl sites for hydroxylation is 1. The van der Waals surface area contributed by atoms with E-state index < -0.39 is 0 Å². The molecule has 6 nitrogen and oxygen atoms in total. The summed E-state index contributed by atoms with van der Waals surface area (Å²) in [6, 6.07) is 13.7. The van der Waals surface area contributed by atoms with Crippen LogP contribution in [0.25, 0.3) is 22.7 Å². The van der Waals surface area contributed by atoms with Crippen molar-refractivity contribution in [3.8, 4) is 23.3 Å². The van der Waals surface area contributed by atoms with Crippen molar-refractivity contribution in [1.82, 2.24) is 9.55 Å². The van der Waals surface area contributed by atoms with E-state index in [-0.39, 0.29) is 0 Å². The Morgan fingerprint density at radius 1 is 1.11 bits per heavy atom. The van der Waals surface area contributed by atoms with Gasteiger partial charge in [0.15, 0.2) is 17.3 Å². The molecule has 0 fully saturated rings. The summed E-state index contributed by atoms with van der Waals surface area (Å²) in [5, 5.41) is 9.78. The van der Waals surface area contributed by atoms with Gasteiger partial charge in [0.2, 0.25) is 5.75 Å². The van der Waals surface area contributed by atoms with Gasteiger partial charge in [0.25, 0.3) is 0 Å². The lowest BCUT2D eigenvalue weighted by molar-refractivity contribution is 0.324. The second kappa shape index (κ2) is 7.83. The topological polar surface area (TPSA) is 69.3 Å². The molecule has 0 radical (unpaired) electrons. The van der Waals surface area contributed by atoms with Gasteiger partial charge in [-0.3, -0.25) is 0 Å². The summed E-state index contributed by atoms with van der Waals surface area (Å²) in [6.07, 6.45) is 1.78. The highest BCUT2D eigenvalue weighted by Crippen LogP contribution is 2.39. The molecule has 0 spiro atoms. The van der Waals surface area contributed by atoms with E-state index in [4.69, 9.17) is 14.2 Å². The van der Waals surface area contributed by atoms with Gasteiger partial charge in [-0.25, -0.2) is 4.98 Å².